The van der Waals surface area contributed by atoms with Crippen molar-refractivity contribution in [3.8, 4) is 0 Å². The molecule has 1 atom stereocenters. The number of likely N-dealkylation sites (tertiary alicyclic amines) is 1. The first-order valence-electron chi connectivity index (χ1n) is 9.34. The molecule has 156 valence electrons. The molecule has 0 unspecified atom stereocenters. The van der Waals surface area contributed by atoms with E-state index in [2.05, 4.69) is 0 Å². The van der Waals surface area contributed by atoms with Gasteiger partial charge in [0.25, 0.3) is 11.8 Å². The molecule has 3 amide bonds. The van der Waals surface area contributed by atoms with Crippen LogP contribution >= 0.6 is 0 Å². The molecular weight excluding hydrogens is 402 g/mol. The standard InChI is InChI=1S/C18H21N3O7S/c22-16-12-28-18(24)21(16)14-5-6-19(11-14)17(23)13-1-3-15(4-2-13)29(25,26)20-7-9-27-10-8-20/h1-4,14H,5-12H2/t14-/m1/s1. The largest absolute Gasteiger partial charge is 0.439 e. The SMILES string of the molecule is O=C(c1ccc(S(=O)(=O)N2CCOCC2)cc1)N1CC[C@@H](N2C(=O)COC2=O)C1. The van der Waals surface area contributed by atoms with E-state index in [1.54, 1.807) is 4.90 Å². The number of sulfonamides is 1. The molecule has 0 N–H and O–H groups in total. The van der Waals surface area contributed by atoms with Gasteiger partial charge < -0.3 is 14.4 Å². The molecule has 4 rings (SSSR count). The molecule has 1 aromatic carbocycles. The van der Waals surface area contributed by atoms with Crippen LogP contribution < -0.4 is 0 Å². The molecule has 3 saturated heterocycles. The summed E-state index contributed by atoms with van der Waals surface area (Å²) in [5, 5.41) is 0. The van der Waals surface area contributed by atoms with Gasteiger partial charge in [-0.15, -0.1) is 0 Å². The first-order valence-corrected chi connectivity index (χ1v) is 10.8. The van der Waals surface area contributed by atoms with Crippen molar-refractivity contribution in [1.29, 1.82) is 0 Å². The van der Waals surface area contributed by atoms with E-state index in [-0.39, 0.29) is 24.0 Å². The van der Waals surface area contributed by atoms with Gasteiger partial charge >= 0.3 is 6.09 Å². The van der Waals surface area contributed by atoms with E-state index in [1.165, 1.54) is 28.6 Å². The maximum Gasteiger partial charge on any atom is 0.417 e. The minimum absolute atomic E-state index is 0.126. The third-order valence-corrected chi connectivity index (χ3v) is 7.22. The number of cyclic esters (lactones) is 1. The molecule has 0 aliphatic carbocycles. The van der Waals surface area contributed by atoms with E-state index in [4.69, 9.17) is 9.47 Å². The number of carbonyl (C=O) groups is 3. The maximum absolute atomic E-state index is 12.8. The van der Waals surface area contributed by atoms with Crippen LogP contribution in [0.25, 0.3) is 0 Å². The van der Waals surface area contributed by atoms with Crippen LogP contribution in [0.15, 0.2) is 29.2 Å². The Kier molecular flexibility index (Phi) is 5.28. The van der Waals surface area contributed by atoms with Crippen LogP contribution in [-0.4, -0.2) is 92.5 Å². The Bertz CT molecular complexity index is 909. The lowest BCUT2D eigenvalue weighted by Crippen LogP contribution is -2.42. The Morgan fingerprint density at radius 3 is 2.34 bits per heavy atom. The summed E-state index contributed by atoms with van der Waals surface area (Å²) in [5.41, 5.74) is 0.349. The number of morpholine rings is 1. The van der Waals surface area contributed by atoms with Crippen molar-refractivity contribution in [1.82, 2.24) is 14.1 Å². The third kappa shape index (κ3) is 3.72. The average Bonchev–Trinajstić information content (AvgIpc) is 3.34. The fraction of sp³-hybridized carbons (Fsp3) is 0.500. The minimum atomic E-state index is -3.62. The highest BCUT2D eigenvalue weighted by Gasteiger charge is 2.41. The molecule has 10 nitrogen and oxygen atoms in total. The molecule has 11 heteroatoms. The first-order chi connectivity index (χ1) is 13.9. The molecule has 29 heavy (non-hydrogen) atoms. The van der Waals surface area contributed by atoms with Gasteiger partial charge in [0.05, 0.1) is 24.2 Å². The summed E-state index contributed by atoms with van der Waals surface area (Å²) in [6.07, 6.45) is -0.192. The number of benzene rings is 1. The molecule has 3 heterocycles. The van der Waals surface area contributed by atoms with Crippen LogP contribution in [0.4, 0.5) is 4.79 Å². The van der Waals surface area contributed by atoms with Crippen molar-refractivity contribution in [2.75, 3.05) is 46.0 Å². The van der Waals surface area contributed by atoms with Crippen molar-refractivity contribution in [3.05, 3.63) is 29.8 Å². The highest BCUT2D eigenvalue weighted by Crippen LogP contribution is 2.23. The predicted molar refractivity (Wildman–Crippen MR) is 98.5 cm³/mol. The summed E-state index contributed by atoms with van der Waals surface area (Å²) in [4.78, 5) is 39.0. The molecular formula is C18H21N3O7S. The average molecular weight is 423 g/mol. The number of hydrogen-bond donors (Lipinski definition) is 0. The minimum Gasteiger partial charge on any atom is -0.439 e. The smallest absolute Gasteiger partial charge is 0.417 e. The van der Waals surface area contributed by atoms with E-state index in [0.717, 1.165) is 4.90 Å². The zero-order valence-corrected chi connectivity index (χ0v) is 16.5. The second-order valence-corrected chi connectivity index (χ2v) is 8.99. The van der Waals surface area contributed by atoms with Gasteiger partial charge in [0, 0.05) is 31.7 Å². The normalized spacial score (nSPS) is 23.5. The predicted octanol–water partition coefficient (Wildman–Crippen LogP) is -0.0992. The highest BCUT2D eigenvalue weighted by molar-refractivity contribution is 7.89. The lowest BCUT2D eigenvalue weighted by molar-refractivity contribution is -0.127. The monoisotopic (exact) mass is 423 g/mol. The number of hydrogen-bond acceptors (Lipinski definition) is 7. The Morgan fingerprint density at radius 1 is 1.03 bits per heavy atom. The first kappa shape index (κ1) is 19.8. The zero-order valence-electron chi connectivity index (χ0n) is 15.7. The lowest BCUT2D eigenvalue weighted by atomic mass is 10.2. The number of imide groups is 1. The van der Waals surface area contributed by atoms with Crippen LogP contribution in [-0.2, 0) is 24.3 Å². The van der Waals surface area contributed by atoms with Crippen LogP contribution in [0.3, 0.4) is 0 Å². The topological polar surface area (TPSA) is 114 Å². The van der Waals surface area contributed by atoms with E-state index < -0.39 is 28.1 Å². The molecule has 0 spiro atoms. The fourth-order valence-corrected chi connectivity index (χ4v) is 5.15. The van der Waals surface area contributed by atoms with Gasteiger partial charge in [-0.3, -0.25) is 9.59 Å². The van der Waals surface area contributed by atoms with Gasteiger partial charge in [0.15, 0.2) is 6.61 Å². The van der Waals surface area contributed by atoms with Crippen LogP contribution in [0, 0.1) is 0 Å². The zero-order chi connectivity index (χ0) is 20.6. The molecule has 3 aliphatic heterocycles. The van der Waals surface area contributed by atoms with Gasteiger partial charge in [-0.1, -0.05) is 0 Å². The number of carbonyl (C=O) groups excluding carboxylic acids is 3. The highest BCUT2D eigenvalue weighted by atomic mass is 32.2. The molecule has 3 aliphatic rings. The summed E-state index contributed by atoms with van der Waals surface area (Å²) in [7, 11) is -3.62. The molecule has 3 fully saturated rings. The molecule has 0 aromatic heterocycles. The fourth-order valence-electron chi connectivity index (χ4n) is 3.74. The van der Waals surface area contributed by atoms with Crippen molar-refractivity contribution in [2.24, 2.45) is 0 Å². The Hall–Kier alpha value is -2.50. The molecule has 0 saturated carbocycles. The summed E-state index contributed by atoms with van der Waals surface area (Å²) in [6, 6.07) is 5.42. The lowest BCUT2D eigenvalue weighted by Gasteiger charge is -2.26. The number of nitrogens with zero attached hydrogens (tertiary/aromatic N) is 3. The number of amides is 3. The van der Waals surface area contributed by atoms with E-state index in [9.17, 15) is 22.8 Å². The molecule has 0 radical (unpaired) electrons. The van der Waals surface area contributed by atoms with Crippen molar-refractivity contribution in [3.63, 3.8) is 0 Å². The quantitative estimate of drug-likeness (QED) is 0.664. The van der Waals surface area contributed by atoms with Crippen molar-refractivity contribution in [2.45, 2.75) is 17.4 Å². The van der Waals surface area contributed by atoms with Crippen LogP contribution in [0.5, 0.6) is 0 Å². The van der Waals surface area contributed by atoms with Gasteiger partial charge in [-0.2, -0.15) is 4.31 Å². The third-order valence-electron chi connectivity index (χ3n) is 5.31. The second-order valence-electron chi connectivity index (χ2n) is 7.05. The van der Waals surface area contributed by atoms with Gasteiger partial charge in [-0.25, -0.2) is 18.1 Å². The van der Waals surface area contributed by atoms with Gasteiger partial charge in [0.2, 0.25) is 10.0 Å². The summed E-state index contributed by atoms with van der Waals surface area (Å²) < 4.78 is 36.6. The molecule has 1 aromatic rings. The number of ether oxygens (including phenoxy) is 2. The van der Waals surface area contributed by atoms with E-state index in [0.29, 0.717) is 44.8 Å². The Balaban J connectivity index is 1.43. The van der Waals surface area contributed by atoms with Gasteiger partial charge in [-0.05, 0) is 30.7 Å². The Labute approximate surface area is 168 Å². The van der Waals surface area contributed by atoms with Crippen molar-refractivity contribution >= 4 is 27.9 Å². The van der Waals surface area contributed by atoms with E-state index >= 15 is 0 Å². The molecule has 0 bridgehead atoms. The summed E-state index contributed by atoms with van der Waals surface area (Å²) in [6.45, 7) is 1.69. The maximum atomic E-state index is 12.8. The summed E-state index contributed by atoms with van der Waals surface area (Å²) >= 11 is 0. The summed E-state index contributed by atoms with van der Waals surface area (Å²) in [5.74, 6) is -0.671. The number of rotatable bonds is 4. The Morgan fingerprint density at radius 2 is 1.72 bits per heavy atom. The van der Waals surface area contributed by atoms with Gasteiger partial charge in [0.1, 0.15) is 0 Å². The van der Waals surface area contributed by atoms with E-state index in [1.807, 2.05) is 0 Å². The van der Waals surface area contributed by atoms with Crippen LogP contribution in [0.1, 0.15) is 16.8 Å². The van der Waals surface area contributed by atoms with Crippen molar-refractivity contribution < 1.29 is 32.3 Å². The van der Waals surface area contributed by atoms with Crippen LogP contribution in [0.2, 0.25) is 0 Å². The second kappa shape index (κ2) is 7.73.